The zero-order valence-electron chi connectivity index (χ0n) is 11.4. The molecule has 0 radical (unpaired) electrons. The van der Waals surface area contributed by atoms with E-state index in [1.807, 2.05) is 24.3 Å². The summed E-state index contributed by atoms with van der Waals surface area (Å²) in [4.78, 5) is 14.3. The van der Waals surface area contributed by atoms with Crippen LogP contribution in [0.4, 0.5) is 4.39 Å². The molecule has 2 heterocycles. The molecule has 5 heteroatoms. The van der Waals surface area contributed by atoms with Crippen LogP contribution in [-0.2, 0) is 6.54 Å². The molecule has 0 unspecified atom stereocenters. The number of hydrogen-bond donors (Lipinski definition) is 0. The van der Waals surface area contributed by atoms with Crippen molar-refractivity contribution >= 4 is 16.8 Å². The van der Waals surface area contributed by atoms with E-state index >= 15 is 0 Å². The number of aromatic nitrogens is 2. The van der Waals surface area contributed by atoms with Gasteiger partial charge in [0.1, 0.15) is 11.5 Å². The molecular weight excluding hydrogens is 269 g/mol. The fourth-order valence-electron chi connectivity index (χ4n) is 2.79. The maximum Gasteiger partial charge on any atom is 0.273 e. The maximum absolute atomic E-state index is 13.6. The van der Waals surface area contributed by atoms with Gasteiger partial charge < -0.3 is 4.90 Å². The lowest BCUT2D eigenvalue weighted by molar-refractivity contribution is 0.0783. The SMILES string of the molecule is CN1Cc2ccc(F)cc2-n2nc3ccccc3c2C1=O. The van der Waals surface area contributed by atoms with Crippen LogP contribution in [-0.4, -0.2) is 27.6 Å². The Balaban J connectivity index is 2.14. The molecule has 1 aromatic heterocycles. The molecule has 104 valence electrons. The molecule has 0 saturated heterocycles. The first-order valence-electron chi connectivity index (χ1n) is 6.67. The minimum Gasteiger partial charge on any atom is -0.336 e. The van der Waals surface area contributed by atoms with Gasteiger partial charge in [-0.25, -0.2) is 9.07 Å². The highest BCUT2D eigenvalue weighted by Gasteiger charge is 2.27. The fourth-order valence-corrected chi connectivity index (χ4v) is 2.79. The highest BCUT2D eigenvalue weighted by Crippen LogP contribution is 2.29. The van der Waals surface area contributed by atoms with E-state index < -0.39 is 0 Å². The van der Waals surface area contributed by atoms with Crippen LogP contribution in [0.25, 0.3) is 16.6 Å². The van der Waals surface area contributed by atoms with E-state index in [2.05, 4.69) is 5.10 Å². The molecular formula is C16H12FN3O. The molecule has 0 aliphatic carbocycles. The van der Waals surface area contributed by atoms with E-state index in [0.29, 0.717) is 17.9 Å². The second-order valence-electron chi connectivity index (χ2n) is 5.21. The van der Waals surface area contributed by atoms with Crippen LogP contribution >= 0.6 is 0 Å². The summed E-state index contributed by atoms with van der Waals surface area (Å²) in [7, 11) is 1.74. The number of benzene rings is 2. The van der Waals surface area contributed by atoms with Gasteiger partial charge in [-0.15, -0.1) is 0 Å². The number of fused-ring (bicyclic) bond motifs is 5. The van der Waals surface area contributed by atoms with Gasteiger partial charge in [0, 0.05) is 19.0 Å². The summed E-state index contributed by atoms with van der Waals surface area (Å²) in [6.07, 6.45) is 0. The van der Waals surface area contributed by atoms with Crippen LogP contribution in [0.15, 0.2) is 42.5 Å². The highest BCUT2D eigenvalue weighted by molar-refractivity contribution is 6.05. The van der Waals surface area contributed by atoms with Crippen molar-refractivity contribution in [1.82, 2.24) is 14.7 Å². The Morgan fingerprint density at radius 2 is 2.00 bits per heavy atom. The van der Waals surface area contributed by atoms with Crippen LogP contribution in [0.1, 0.15) is 16.1 Å². The molecule has 0 fully saturated rings. The van der Waals surface area contributed by atoms with Crippen LogP contribution in [0.2, 0.25) is 0 Å². The number of carbonyl (C=O) groups excluding carboxylic acids is 1. The molecule has 0 N–H and O–H groups in total. The Hall–Kier alpha value is -2.69. The van der Waals surface area contributed by atoms with Crippen molar-refractivity contribution in [2.24, 2.45) is 0 Å². The van der Waals surface area contributed by atoms with E-state index in [0.717, 1.165) is 16.5 Å². The average molecular weight is 281 g/mol. The molecule has 3 aromatic rings. The highest BCUT2D eigenvalue weighted by atomic mass is 19.1. The predicted molar refractivity (Wildman–Crippen MR) is 76.8 cm³/mol. The molecule has 4 rings (SSSR count). The van der Waals surface area contributed by atoms with Crippen LogP contribution in [0, 0.1) is 5.82 Å². The fraction of sp³-hybridized carbons (Fsp3) is 0.125. The van der Waals surface area contributed by atoms with E-state index in [4.69, 9.17) is 0 Å². The number of nitrogens with zero attached hydrogens (tertiary/aromatic N) is 3. The molecule has 1 aliphatic heterocycles. The van der Waals surface area contributed by atoms with Gasteiger partial charge in [0.05, 0.1) is 11.2 Å². The normalized spacial score (nSPS) is 14.0. The molecule has 21 heavy (non-hydrogen) atoms. The van der Waals surface area contributed by atoms with Crippen molar-refractivity contribution in [3.63, 3.8) is 0 Å². The van der Waals surface area contributed by atoms with Crippen molar-refractivity contribution in [2.45, 2.75) is 6.54 Å². The number of halogens is 1. The topological polar surface area (TPSA) is 38.1 Å². The molecule has 0 bridgehead atoms. The zero-order chi connectivity index (χ0) is 14.6. The molecule has 1 amide bonds. The molecule has 0 spiro atoms. The monoisotopic (exact) mass is 281 g/mol. The van der Waals surface area contributed by atoms with Gasteiger partial charge in [-0.2, -0.15) is 5.10 Å². The third-order valence-corrected chi connectivity index (χ3v) is 3.81. The average Bonchev–Trinajstić information content (AvgIpc) is 2.83. The molecule has 4 nitrogen and oxygen atoms in total. The van der Waals surface area contributed by atoms with Crippen molar-refractivity contribution in [2.75, 3.05) is 7.05 Å². The lowest BCUT2D eigenvalue weighted by atomic mass is 10.1. The summed E-state index contributed by atoms with van der Waals surface area (Å²) < 4.78 is 15.2. The first-order chi connectivity index (χ1) is 10.1. The van der Waals surface area contributed by atoms with Gasteiger partial charge in [0.15, 0.2) is 0 Å². The Morgan fingerprint density at radius 1 is 1.19 bits per heavy atom. The summed E-state index contributed by atoms with van der Waals surface area (Å²) in [5.74, 6) is -0.448. The standard InChI is InChI=1S/C16H12FN3O/c1-19-9-10-6-7-11(17)8-14(10)20-15(16(19)21)12-4-2-3-5-13(12)18-20/h2-8H,9H2,1H3. The Labute approximate surface area is 120 Å². The van der Waals surface area contributed by atoms with Gasteiger partial charge in [-0.05, 0) is 23.8 Å². The second kappa shape index (κ2) is 4.15. The third-order valence-electron chi connectivity index (χ3n) is 3.81. The number of amides is 1. The zero-order valence-corrected chi connectivity index (χ0v) is 11.4. The minimum absolute atomic E-state index is 0.111. The molecule has 0 atom stereocenters. The van der Waals surface area contributed by atoms with Crippen LogP contribution < -0.4 is 0 Å². The van der Waals surface area contributed by atoms with E-state index in [-0.39, 0.29) is 11.7 Å². The second-order valence-corrected chi connectivity index (χ2v) is 5.21. The van der Waals surface area contributed by atoms with Crippen LogP contribution in [0.5, 0.6) is 0 Å². The number of rotatable bonds is 0. The number of hydrogen-bond acceptors (Lipinski definition) is 2. The van der Waals surface area contributed by atoms with Crippen molar-refractivity contribution in [3.8, 4) is 5.69 Å². The van der Waals surface area contributed by atoms with Crippen molar-refractivity contribution in [1.29, 1.82) is 0 Å². The predicted octanol–water partition coefficient (Wildman–Crippen LogP) is 2.75. The summed E-state index contributed by atoms with van der Waals surface area (Å²) in [6.45, 7) is 0.437. The van der Waals surface area contributed by atoms with Crippen molar-refractivity contribution in [3.05, 3.63) is 59.5 Å². The molecule has 1 aliphatic rings. The summed E-state index contributed by atoms with van der Waals surface area (Å²) >= 11 is 0. The lowest BCUT2D eigenvalue weighted by Crippen LogP contribution is -2.25. The third kappa shape index (κ3) is 1.67. The Kier molecular flexibility index (Phi) is 2.39. The minimum atomic E-state index is -0.337. The Bertz CT molecular complexity index is 884. The summed E-state index contributed by atoms with van der Waals surface area (Å²) in [5.41, 5.74) is 2.71. The van der Waals surface area contributed by atoms with Gasteiger partial charge in [-0.3, -0.25) is 4.79 Å². The smallest absolute Gasteiger partial charge is 0.273 e. The van der Waals surface area contributed by atoms with E-state index in [1.165, 1.54) is 12.1 Å². The molecule has 2 aromatic carbocycles. The lowest BCUT2D eigenvalue weighted by Gasteiger charge is -2.14. The maximum atomic E-state index is 13.6. The van der Waals surface area contributed by atoms with E-state index in [9.17, 15) is 9.18 Å². The van der Waals surface area contributed by atoms with Crippen molar-refractivity contribution < 1.29 is 9.18 Å². The summed E-state index contributed by atoms with van der Waals surface area (Å²) in [5, 5.41) is 5.27. The number of carbonyl (C=O) groups is 1. The Morgan fingerprint density at radius 3 is 2.86 bits per heavy atom. The van der Waals surface area contributed by atoms with E-state index in [1.54, 1.807) is 22.7 Å². The summed E-state index contributed by atoms with van der Waals surface area (Å²) in [6, 6.07) is 12.0. The molecule has 0 saturated carbocycles. The quantitative estimate of drug-likeness (QED) is 0.635. The largest absolute Gasteiger partial charge is 0.336 e. The van der Waals surface area contributed by atoms with Gasteiger partial charge >= 0.3 is 0 Å². The van der Waals surface area contributed by atoms with Gasteiger partial charge in [0.25, 0.3) is 5.91 Å². The first-order valence-corrected chi connectivity index (χ1v) is 6.67. The van der Waals surface area contributed by atoms with Crippen LogP contribution in [0.3, 0.4) is 0 Å². The van der Waals surface area contributed by atoms with Gasteiger partial charge in [0.2, 0.25) is 0 Å². The van der Waals surface area contributed by atoms with Gasteiger partial charge in [-0.1, -0.05) is 24.3 Å². The first kappa shape index (κ1) is 12.1.